The fraction of sp³-hybridized carbons (Fsp3) is 0.308. The van der Waals surface area contributed by atoms with Crippen LogP contribution in [0.4, 0.5) is 10.1 Å². The minimum absolute atomic E-state index is 0.0974. The number of amides is 1. The Morgan fingerprint density at radius 2 is 1.94 bits per heavy atom. The van der Waals surface area contributed by atoms with Crippen molar-refractivity contribution in [3.05, 3.63) is 77.8 Å². The summed E-state index contributed by atoms with van der Waals surface area (Å²) in [7, 11) is 0. The summed E-state index contributed by atoms with van der Waals surface area (Å²) in [6, 6.07) is 10.7. The van der Waals surface area contributed by atoms with E-state index in [1.807, 2.05) is 36.7 Å². The van der Waals surface area contributed by atoms with E-state index in [-0.39, 0.29) is 11.7 Å². The molecule has 0 aromatic carbocycles. The molecule has 0 radical (unpaired) electrons. The number of nitrogens with one attached hydrogen (secondary N) is 1. The molecule has 174 valence electrons. The van der Waals surface area contributed by atoms with E-state index in [1.165, 1.54) is 6.07 Å². The average molecular weight is 459 g/mol. The summed E-state index contributed by atoms with van der Waals surface area (Å²) >= 11 is 0. The molecule has 1 fully saturated rings. The Balaban J connectivity index is 1.39. The van der Waals surface area contributed by atoms with Crippen LogP contribution in [0, 0.1) is 5.82 Å². The number of carbonyl (C=O) groups is 1. The van der Waals surface area contributed by atoms with Crippen molar-refractivity contribution in [1.82, 2.24) is 24.9 Å². The van der Waals surface area contributed by atoms with Crippen LogP contribution in [0.1, 0.15) is 43.1 Å². The molecule has 34 heavy (non-hydrogen) atoms. The Bertz CT molecular complexity index is 1330. The first-order valence-electron chi connectivity index (χ1n) is 11.6. The number of fused-ring (bicyclic) bond motifs is 1. The maximum Gasteiger partial charge on any atom is 0.228 e. The second-order valence-electron chi connectivity index (χ2n) is 8.86. The van der Waals surface area contributed by atoms with Crippen molar-refractivity contribution in [1.29, 1.82) is 0 Å². The number of aromatic nitrogens is 4. The van der Waals surface area contributed by atoms with Gasteiger partial charge in [0.25, 0.3) is 0 Å². The molecule has 1 saturated heterocycles. The van der Waals surface area contributed by atoms with E-state index in [1.54, 1.807) is 21.7 Å². The van der Waals surface area contributed by atoms with Gasteiger partial charge in [0, 0.05) is 61.2 Å². The molecule has 0 saturated carbocycles. The summed E-state index contributed by atoms with van der Waals surface area (Å²) in [5, 5.41) is 7.62. The smallest absolute Gasteiger partial charge is 0.228 e. The summed E-state index contributed by atoms with van der Waals surface area (Å²) in [6.07, 6.45) is 6.37. The number of carbonyl (C=O) groups excluding carboxylic acids is 1. The van der Waals surface area contributed by atoms with Gasteiger partial charge in [-0.25, -0.2) is 13.9 Å². The van der Waals surface area contributed by atoms with E-state index < -0.39 is 0 Å². The van der Waals surface area contributed by atoms with E-state index in [0.29, 0.717) is 43.1 Å². The third-order valence-corrected chi connectivity index (χ3v) is 6.16. The first-order chi connectivity index (χ1) is 16.5. The van der Waals surface area contributed by atoms with Gasteiger partial charge in [-0.05, 0) is 42.3 Å². The van der Waals surface area contributed by atoms with Gasteiger partial charge in [-0.15, -0.1) is 0 Å². The molecule has 0 atom stereocenters. The lowest BCUT2D eigenvalue weighted by Crippen LogP contribution is -2.32. The minimum atomic E-state index is -0.365. The fourth-order valence-corrected chi connectivity index (χ4v) is 4.29. The molecular weight excluding hydrogens is 431 g/mol. The van der Waals surface area contributed by atoms with Crippen LogP contribution in [0.5, 0.6) is 0 Å². The van der Waals surface area contributed by atoms with Crippen molar-refractivity contribution in [2.45, 2.75) is 32.6 Å². The predicted molar refractivity (Wildman–Crippen MR) is 129 cm³/mol. The van der Waals surface area contributed by atoms with Crippen molar-refractivity contribution in [3.63, 3.8) is 0 Å². The molecule has 1 amide bonds. The molecule has 1 aliphatic rings. The van der Waals surface area contributed by atoms with E-state index in [4.69, 9.17) is 0 Å². The number of hydrogen-bond donors (Lipinski definition) is 1. The highest BCUT2D eigenvalue weighted by molar-refractivity contribution is 5.93. The zero-order chi connectivity index (χ0) is 23.7. The first kappa shape index (κ1) is 22.2. The predicted octanol–water partition coefficient (Wildman–Crippen LogP) is 3.97. The van der Waals surface area contributed by atoms with Gasteiger partial charge in [-0.1, -0.05) is 13.8 Å². The summed E-state index contributed by atoms with van der Waals surface area (Å²) < 4.78 is 16.6. The van der Waals surface area contributed by atoms with Gasteiger partial charge < -0.3 is 10.2 Å². The average Bonchev–Trinajstić information content (AvgIpc) is 3.15. The van der Waals surface area contributed by atoms with Crippen LogP contribution in [0.2, 0.25) is 0 Å². The van der Waals surface area contributed by atoms with E-state index in [2.05, 4.69) is 34.2 Å². The van der Waals surface area contributed by atoms with Gasteiger partial charge >= 0.3 is 0 Å². The summed E-state index contributed by atoms with van der Waals surface area (Å²) in [5.41, 5.74) is 5.42. The van der Waals surface area contributed by atoms with Gasteiger partial charge in [-0.3, -0.25) is 9.78 Å². The first-order valence-corrected chi connectivity index (χ1v) is 11.6. The number of pyridine rings is 3. The molecule has 0 aliphatic carbocycles. The van der Waals surface area contributed by atoms with Crippen molar-refractivity contribution >= 4 is 17.1 Å². The molecule has 4 aromatic heterocycles. The van der Waals surface area contributed by atoms with Crippen LogP contribution in [0.25, 0.3) is 16.8 Å². The molecule has 1 aliphatic heterocycles. The highest BCUT2D eigenvalue weighted by atomic mass is 19.1. The number of anilines is 1. The Hall–Kier alpha value is -3.65. The summed E-state index contributed by atoms with van der Waals surface area (Å²) in [6.45, 7) is 6.32. The molecule has 0 unspecified atom stereocenters. The van der Waals surface area contributed by atoms with Gasteiger partial charge in [0.1, 0.15) is 11.5 Å². The molecule has 5 rings (SSSR count). The monoisotopic (exact) mass is 458 g/mol. The highest BCUT2D eigenvalue weighted by Crippen LogP contribution is 2.27. The van der Waals surface area contributed by atoms with Crippen LogP contribution in [-0.4, -0.2) is 45.1 Å². The lowest BCUT2D eigenvalue weighted by molar-refractivity contribution is -0.118. The van der Waals surface area contributed by atoms with Gasteiger partial charge in [0.05, 0.1) is 23.6 Å². The molecule has 0 bridgehead atoms. The van der Waals surface area contributed by atoms with Gasteiger partial charge in [-0.2, -0.15) is 5.10 Å². The standard InChI is InChI=1S/C26H27FN6O/c1-17(2)22-16-30-33-11-8-18(13-24(22)33)26-23(27)6-4-20(31-26)14-19-3-5-21(15-29-19)32-12-10-28-9-7-25(32)34/h3-6,8,11,13,15-17,28H,7,9-10,12,14H2,1-2H3. The lowest BCUT2D eigenvalue weighted by atomic mass is 10.0. The van der Waals surface area contributed by atoms with Crippen molar-refractivity contribution in [2.75, 3.05) is 24.5 Å². The summed E-state index contributed by atoms with van der Waals surface area (Å²) in [4.78, 5) is 23.3. The molecule has 8 heteroatoms. The maximum absolute atomic E-state index is 14.8. The molecule has 4 aromatic rings. The lowest BCUT2D eigenvalue weighted by Gasteiger charge is -2.20. The van der Waals surface area contributed by atoms with Crippen molar-refractivity contribution in [3.8, 4) is 11.3 Å². The van der Waals surface area contributed by atoms with Crippen LogP contribution < -0.4 is 10.2 Å². The third-order valence-electron chi connectivity index (χ3n) is 6.16. The van der Waals surface area contributed by atoms with Crippen molar-refractivity contribution in [2.24, 2.45) is 0 Å². The number of nitrogens with zero attached hydrogens (tertiary/aromatic N) is 5. The van der Waals surface area contributed by atoms with E-state index in [9.17, 15) is 9.18 Å². The topological polar surface area (TPSA) is 75.4 Å². The van der Waals surface area contributed by atoms with Crippen LogP contribution >= 0.6 is 0 Å². The molecule has 1 N–H and O–H groups in total. The SMILES string of the molecule is CC(C)c1cnn2ccc(-c3nc(Cc4ccc(N5CCNCCC5=O)cn4)ccc3F)cc12. The molecule has 7 nitrogen and oxygen atoms in total. The fourth-order valence-electron chi connectivity index (χ4n) is 4.29. The normalized spacial score (nSPS) is 14.7. The Morgan fingerprint density at radius 3 is 2.74 bits per heavy atom. The number of rotatable bonds is 5. The second kappa shape index (κ2) is 9.30. The largest absolute Gasteiger partial charge is 0.314 e. The highest BCUT2D eigenvalue weighted by Gasteiger charge is 2.18. The maximum atomic E-state index is 14.8. The zero-order valence-corrected chi connectivity index (χ0v) is 19.3. The Labute approximate surface area is 197 Å². The zero-order valence-electron chi connectivity index (χ0n) is 19.3. The Kier molecular flexibility index (Phi) is 6.06. The van der Waals surface area contributed by atoms with Crippen LogP contribution in [0.15, 0.2) is 55.0 Å². The van der Waals surface area contributed by atoms with Crippen LogP contribution in [0.3, 0.4) is 0 Å². The third kappa shape index (κ3) is 4.41. The molecule has 0 spiro atoms. The van der Waals surface area contributed by atoms with Crippen molar-refractivity contribution < 1.29 is 9.18 Å². The number of hydrogen-bond acceptors (Lipinski definition) is 5. The molecular formula is C26H27FN6O. The molecule has 5 heterocycles. The van der Waals surface area contributed by atoms with E-state index in [0.717, 1.165) is 34.7 Å². The Morgan fingerprint density at radius 1 is 1.09 bits per heavy atom. The van der Waals surface area contributed by atoms with E-state index >= 15 is 0 Å². The van der Waals surface area contributed by atoms with Gasteiger partial charge in [0.15, 0.2) is 0 Å². The van der Waals surface area contributed by atoms with Crippen LogP contribution in [-0.2, 0) is 11.2 Å². The second-order valence-corrected chi connectivity index (χ2v) is 8.86. The number of halogens is 1. The minimum Gasteiger partial charge on any atom is -0.314 e. The van der Waals surface area contributed by atoms with Gasteiger partial charge in [0.2, 0.25) is 5.91 Å². The summed E-state index contributed by atoms with van der Waals surface area (Å²) in [5.74, 6) is 0.0438. The quantitative estimate of drug-likeness (QED) is 0.490.